The molecule has 0 saturated heterocycles. The molecule has 0 aliphatic rings. The van der Waals surface area contributed by atoms with Gasteiger partial charge in [-0.3, -0.25) is 0 Å². The van der Waals surface area contributed by atoms with Gasteiger partial charge in [-0.1, -0.05) is 6.92 Å². The van der Waals surface area contributed by atoms with Crippen molar-refractivity contribution in [1.29, 1.82) is 0 Å². The molecule has 0 radical (unpaired) electrons. The zero-order valence-corrected chi connectivity index (χ0v) is 13.2. The molecule has 1 aromatic rings. The Kier molecular flexibility index (Phi) is 9.12. The summed E-state index contributed by atoms with van der Waals surface area (Å²) in [6, 6.07) is 3.90. The van der Waals surface area contributed by atoms with Crippen molar-refractivity contribution in [2.45, 2.75) is 25.9 Å². The van der Waals surface area contributed by atoms with Crippen molar-refractivity contribution in [2.24, 2.45) is 0 Å². The standard InChI is InChI=1S/C14H23NO4.ClH/c1-5-11(9-16)15-8-10-6-12(17-2)14(19-4)13(7-10)18-3;/h6-7,11,15-16H,5,8-9H2,1-4H3;1H/p-1. The number of aliphatic hydroxyl groups excluding tert-OH is 1. The second-order valence-electron chi connectivity index (χ2n) is 4.20. The number of hydrogen-bond donors (Lipinski definition) is 2. The van der Waals surface area contributed by atoms with E-state index >= 15 is 0 Å². The molecule has 20 heavy (non-hydrogen) atoms. The van der Waals surface area contributed by atoms with Gasteiger partial charge >= 0.3 is 0 Å². The second kappa shape index (κ2) is 9.69. The lowest BCUT2D eigenvalue weighted by atomic mass is 10.1. The van der Waals surface area contributed by atoms with E-state index in [0.29, 0.717) is 23.8 Å². The Morgan fingerprint density at radius 1 is 1.10 bits per heavy atom. The van der Waals surface area contributed by atoms with E-state index in [9.17, 15) is 0 Å². The molecule has 0 amide bonds. The lowest BCUT2D eigenvalue weighted by Crippen LogP contribution is -3.00. The number of rotatable bonds is 8. The summed E-state index contributed by atoms with van der Waals surface area (Å²) in [5.74, 6) is 1.86. The van der Waals surface area contributed by atoms with Crippen molar-refractivity contribution in [2.75, 3.05) is 27.9 Å². The first-order valence-corrected chi connectivity index (χ1v) is 6.33. The zero-order chi connectivity index (χ0) is 14.3. The Morgan fingerprint density at radius 2 is 1.65 bits per heavy atom. The predicted octanol–water partition coefficient (Wildman–Crippen LogP) is -1.42. The molecular weight excluding hydrogens is 282 g/mol. The van der Waals surface area contributed by atoms with Crippen molar-refractivity contribution in [3.63, 3.8) is 0 Å². The van der Waals surface area contributed by atoms with Gasteiger partial charge in [0.25, 0.3) is 0 Å². The van der Waals surface area contributed by atoms with Crippen molar-refractivity contribution < 1.29 is 31.7 Å². The maximum Gasteiger partial charge on any atom is 0.203 e. The van der Waals surface area contributed by atoms with Crippen LogP contribution >= 0.6 is 0 Å². The van der Waals surface area contributed by atoms with Crippen LogP contribution in [0.1, 0.15) is 18.9 Å². The fourth-order valence-corrected chi connectivity index (χ4v) is 1.84. The van der Waals surface area contributed by atoms with E-state index in [1.165, 1.54) is 0 Å². The maximum atomic E-state index is 9.16. The van der Waals surface area contributed by atoms with E-state index in [1.54, 1.807) is 21.3 Å². The molecule has 0 aliphatic heterocycles. The van der Waals surface area contributed by atoms with Gasteiger partial charge in [0.05, 0.1) is 27.9 Å². The van der Waals surface area contributed by atoms with Crippen LogP contribution < -0.4 is 31.9 Å². The zero-order valence-electron chi connectivity index (χ0n) is 12.4. The van der Waals surface area contributed by atoms with E-state index in [-0.39, 0.29) is 25.1 Å². The second-order valence-corrected chi connectivity index (χ2v) is 4.20. The quantitative estimate of drug-likeness (QED) is 0.617. The minimum Gasteiger partial charge on any atom is -1.00 e. The van der Waals surface area contributed by atoms with E-state index in [1.807, 2.05) is 19.1 Å². The number of halogens is 1. The lowest BCUT2D eigenvalue weighted by molar-refractivity contribution is -0.00000585. The van der Waals surface area contributed by atoms with Crippen molar-refractivity contribution in [3.05, 3.63) is 17.7 Å². The molecule has 0 aromatic heterocycles. The smallest absolute Gasteiger partial charge is 0.203 e. The van der Waals surface area contributed by atoms with E-state index in [0.717, 1.165) is 12.0 Å². The Balaban J connectivity index is 0.00000361. The number of methoxy groups -OCH3 is 3. The highest BCUT2D eigenvalue weighted by molar-refractivity contribution is 5.53. The molecule has 0 heterocycles. The molecule has 5 nitrogen and oxygen atoms in total. The fourth-order valence-electron chi connectivity index (χ4n) is 1.84. The van der Waals surface area contributed by atoms with Gasteiger partial charge < -0.3 is 37.0 Å². The summed E-state index contributed by atoms with van der Waals surface area (Å²) in [6.45, 7) is 2.79. The average molecular weight is 305 g/mol. The molecule has 1 rings (SSSR count). The maximum absolute atomic E-state index is 9.16. The summed E-state index contributed by atoms with van der Waals surface area (Å²) in [5.41, 5.74) is 1.02. The predicted molar refractivity (Wildman–Crippen MR) is 74.1 cm³/mol. The topological polar surface area (TPSA) is 60.0 Å². The Bertz CT molecular complexity index is 372. The normalized spacial score (nSPS) is 11.4. The highest BCUT2D eigenvalue weighted by atomic mass is 35.5. The van der Waals surface area contributed by atoms with Crippen LogP contribution in [0.4, 0.5) is 0 Å². The highest BCUT2D eigenvalue weighted by Crippen LogP contribution is 2.38. The molecule has 2 N–H and O–H groups in total. The van der Waals surface area contributed by atoms with Gasteiger partial charge in [0.15, 0.2) is 11.5 Å². The number of hydrogen-bond acceptors (Lipinski definition) is 5. The molecule has 0 fully saturated rings. The lowest BCUT2D eigenvalue weighted by Gasteiger charge is -2.17. The molecule has 116 valence electrons. The summed E-state index contributed by atoms with van der Waals surface area (Å²) < 4.78 is 15.9. The first-order valence-electron chi connectivity index (χ1n) is 6.33. The summed E-state index contributed by atoms with van der Waals surface area (Å²) >= 11 is 0. The van der Waals surface area contributed by atoms with Crippen LogP contribution in [0.2, 0.25) is 0 Å². The van der Waals surface area contributed by atoms with Crippen LogP contribution in [-0.4, -0.2) is 39.1 Å². The van der Waals surface area contributed by atoms with Crippen molar-refractivity contribution in [1.82, 2.24) is 5.32 Å². The van der Waals surface area contributed by atoms with Crippen LogP contribution in [0.25, 0.3) is 0 Å². The van der Waals surface area contributed by atoms with E-state index in [4.69, 9.17) is 19.3 Å². The van der Waals surface area contributed by atoms with Crippen LogP contribution in [0.3, 0.4) is 0 Å². The minimum absolute atomic E-state index is 0. The van der Waals surface area contributed by atoms with E-state index in [2.05, 4.69) is 5.32 Å². The number of ether oxygens (including phenoxy) is 3. The largest absolute Gasteiger partial charge is 1.00 e. The third-order valence-electron chi connectivity index (χ3n) is 3.03. The van der Waals surface area contributed by atoms with Gasteiger partial charge in [-0.25, -0.2) is 0 Å². The Morgan fingerprint density at radius 3 is 2.00 bits per heavy atom. The molecule has 0 saturated carbocycles. The molecule has 1 aromatic carbocycles. The van der Waals surface area contributed by atoms with Gasteiger partial charge in [0, 0.05) is 12.6 Å². The minimum atomic E-state index is 0. The van der Waals surface area contributed by atoms with Crippen LogP contribution in [0.15, 0.2) is 12.1 Å². The number of aliphatic hydroxyl groups is 1. The molecule has 1 atom stereocenters. The number of benzene rings is 1. The molecule has 6 heteroatoms. The van der Waals surface area contributed by atoms with Gasteiger partial charge in [0.2, 0.25) is 5.75 Å². The van der Waals surface area contributed by atoms with Crippen LogP contribution in [0.5, 0.6) is 17.2 Å². The van der Waals surface area contributed by atoms with Gasteiger partial charge in [0.1, 0.15) is 0 Å². The first kappa shape index (κ1) is 18.8. The van der Waals surface area contributed by atoms with E-state index < -0.39 is 0 Å². The summed E-state index contributed by atoms with van der Waals surface area (Å²) in [7, 11) is 4.77. The summed E-state index contributed by atoms with van der Waals surface area (Å²) in [6.07, 6.45) is 0.876. The average Bonchev–Trinajstić information content (AvgIpc) is 2.46. The SMILES string of the molecule is CCC(CO)NCc1cc(OC)c(OC)c(OC)c1.[Cl-]. The molecule has 0 spiro atoms. The van der Waals surface area contributed by atoms with Crippen molar-refractivity contribution >= 4 is 0 Å². The summed E-state index contributed by atoms with van der Waals surface area (Å²) in [5, 5.41) is 12.4. The molecular formula is C14H23ClNO4-. The monoisotopic (exact) mass is 304 g/mol. The van der Waals surface area contributed by atoms with Crippen molar-refractivity contribution in [3.8, 4) is 17.2 Å². The number of nitrogens with one attached hydrogen (secondary N) is 1. The third-order valence-corrected chi connectivity index (χ3v) is 3.03. The molecule has 1 unspecified atom stereocenters. The van der Waals surface area contributed by atoms with Gasteiger partial charge in [-0.05, 0) is 24.1 Å². The van der Waals surface area contributed by atoms with Gasteiger partial charge in [-0.15, -0.1) is 0 Å². The van der Waals surface area contributed by atoms with Gasteiger partial charge in [-0.2, -0.15) is 0 Å². The first-order chi connectivity index (χ1) is 9.19. The Labute approximate surface area is 126 Å². The third kappa shape index (κ3) is 4.74. The summed E-state index contributed by atoms with van der Waals surface area (Å²) in [4.78, 5) is 0. The molecule has 0 aliphatic carbocycles. The molecule has 0 bridgehead atoms. The van der Waals surface area contributed by atoms with Crippen LogP contribution in [-0.2, 0) is 6.54 Å². The van der Waals surface area contributed by atoms with Crippen LogP contribution in [0, 0.1) is 0 Å². The fraction of sp³-hybridized carbons (Fsp3) is 0.571. The highest BCUT2D eigenvalue weighted by Gasteiger charge is 2.13. The Hall–Kier alpha value is -1.17.